The number of nitrogens with zero attached hydrogens (tertiary/aromatic N) is 2. The van der Waals surface area contributed by atoms with Gasteiger partial charge in [-0.3, -0.25) is 0 Å². The van der Waals surface area contributed by atoms with Gasteiger partial charge in [-0.25, -0.2) is 4.98 Å². The van der Waals surface area contributed by atoms with Crippen molar-refractivity contribution in [1.29, 1.82) is 5.26 Å². The first-order valence-corrected chi connectivity index (χ1v) is 6.49. The predicted octanol–water partition coefficient (Wildman–Crippen LogP) is 2.41. The number of fused-ring (bicyclic) bond motifs is 5. The first-order chi connectivity index (χ1) is 8.36. The van der Waals surface area contributed by atoms with Crippen molar-refractivity contribution in [3.05, 3.63) is 23.9 Å². The SMILES string of the molecule is N#Cc1ccc(NC2C3C4CCC(C4)C23)nc1. The fourth-order valence-electron chi connectivity index (χ4n) is 4.23. The lowest BCUT2D eigenvalue weighted by atomic mass is 10.0. The minimum absolute atomic E-state index is 0.631. The molecule has 0 spiro atoms. The molecule has 86 valence electrons. The minimum atomic E-state index is 0.631. The van der Waals surface area contributed by atoms with Crippen LogP contribution in [-0.2, 0) is 0 Å². The lowest BCUT2D eigenvalue weighted by Gasteiger charge is -2.10. The highest BCUT2D eigenvalue weighted by Crippen LogP contribution is 2.66. The fraction of sp³-hybridized carbons (Fsp3) is 0.571. The molecule has 0 radical (unpaired) electrons. The van der Waals surface area contributed by atoms with Gasteiger partial charge in [0.15, 0.2) is 0 Å². The zero-order valence-electron chi connectivity index (χ0n) is 9.63. The summed E-state index contributed by atoms with van der Waals surface area (Å²) in [5.74, 6) is 4.75. The van der Waals surface area contributed by atoms with Gasteiger partial charge in [-0.1, -0.05) is 0 Å². The molecule has 0 amide bonds. The molecule has 3 fully saturated rings. The summed E-state index contributed by atoms with van der Waals surface area (Å²) < 4.78 is 0. The Morgan fingerprint density at radius 1 is 1.24 bits per heavy atom. The molecule has 4 atom stereocenters. The van der Waals surface area contributed by atoms with Gasteiger partial charge in [0.2, 0.25) is 0 Å². The van der Waals surface area contributed by atoms with Crippen LogP contribution in [0.2, 0.25) is 0 Å². The van der Waals surface area contributed by atoms with E-state index in [0.717, 1.165) is 29.5 Å². The van der Waals surface area contributed by atoms with Crippen LogP contribution >= 0.6 is 0 Å². The number of pyridine rings is 1. The lowest BCUT2D eigenvalue weighted by molar-refractivity contribution is 0.456. The van der Waals surface area contributed by atoms with Crippen molar-refractivity contribution in [3.8, 4) is 6.07 Å². The Balaban J connectivity index is 1.47. The highest BCUT2D eigenvalue weighted by Gasteiger charge is 2.65. The maximum absolute atomic E-state index is 8.72. The summed E-state index contributed by atoms with van der Waals surface area (Å²) in [7, 11) is 0. The highest BCUT2D eigenvalue weighted by atomic mass is 15.1. The Bertz CT molecular complexity index is 471. The number of nitriles is 1. The molecule has 0 saturated heterocycles. The number of hydrogen-bond donors (Lipinski definition) is 1. The van der Waals surface area contributed by atoms with Gasteiger partial charge in [-0.05, 0) is 55.1 Å². The second kappa shape index (κ2) is 3.22. The van der Waals surface area contributed by atoms with E-state index in [-0.39, 0.29) is 0 Å². The summed E-state index contributed by atoms with van der Waals surface area (Å²) in [6.07, 6.45) is 6.03. The summed E-state index contributed by atoms with van der Waals surface area (Å²) in [6.45, 7) is 0. The summed E-state index contributed by atoms with van der Waals surface area (Å²) in [6, 6.07) is 6.53. The molecule has 4 rings (SSSR count). The Labute approximate surface area is 101 Å². The molecule has 1 N–H and O–H groups in total. The van der Waals surface area contributed by atoms with E-state index in [2.05, 4.69) is 16.4 Å². The van der Waals surface area contributed by atoms with Crippen LogP contribution in [0.4, 0.5) is 5.82 Å². The maximum atomic E-state index is 8.72. The summed E-state index contributed by atoms with van der Waals surface area (Å²) in [4.78, 5) is 4.29. The molecular weight excluding hydrogens is 210 g/mol. The molecule has 2 bridgehead atoms. The van der Waals surface area contributed by atoms with E-state index in [0.29, 0.717) is 11.6 Å². The van der Waals surface area contributed by atoms with Crippen molar-refractivity contribution in [2.75, 3.05) is 5.32 Å². The Kier molecular flexibility index (Phi) is 1.80. The van der Waals surface area contributed by atoms with Crippen LogP contribution in [0.3, 0.4) is 0 Å². The summed E-state index contributed by atoms with van der Waals surface area (Å²) >= 11 is 0. The third kappa shape index (κ3) is 1.30. The van der Waals surface area contributed by atoms with E-state index >= 15 is 0 Å². The van der Waals surface area contributed by atoms with Crippen LogP contribution < -0.4 is 5.32 Å². The van der Waals surface area contributed by atoms with Crippen molar-refractivity contribution in [1.82, 2.24) is 4.98 Å². The third-order valence-electron chi connectivity index (χ3n) is 4.94. The lowest BCUT2D eigenvalue weighted by Crippen LogP contribution is -2.13. The Morgan fingerprint density at radius 3 is 2.59 bits per heavy atom. The van der Waals surface area contributed by atoms with Gasteiger partial charge in [0.25, 0.3) is 0 Å². The van der Waals surface area contributed by atoms with E-state index in [1.54, 1.807) is 6.20 Å². The molecule has 3 aliphatic rings. The molecule has 17 heavy (non-hydrogen) atoms. The van der Waals surface area contributed by atoms with E-state index in [9.17, 15) is 0 Å². The quantitative estimate of drug-likeness (QED) is 0.840. The average Bonchev–Trinajstić information content (AvgIpc) is 2.76. The third-order valence-corrected chi connectivity index (χ3v) is 4.94. The molecule has 4 unspecified atom stereocenters. The second-order valence-electron chi connectivity index (χ2n) is 5.70. The topological polar surface area (TPSA) is 48.7 Å². The van der Waals surface area contributed by atoms with Gasteiger partial charge in [-0.15, -0.1) is 0 Å². The van der Waals surface area contributed by atoms with Crippen LogP contribution in [0.25, 0.3) is 0 Å². The van der Waals surface area contributed by atoms with Gasteiger partial charge in [-0.2, -0.15) is 5.26 Å². The van der Waals surface area contributed by atoms with Crippen molar-refractivity contribution in [2.24, 2.45) is 23.7 Å². The molecule has 1 aromatic heterocycles. The van der Waals surface area contributed by atoms with Gasteiger partial charge in [0.05, 0.1) is 5.56 Å². The fourth-order valence-corrected chi connectivity index (χ4v) is 4.23. The Hall–Kier alpha value is -1.56. The van der Waals surface area contributed by atoms with Crippen LogP contribution in [0.5, 0.6) is 0 Å². The highest BCUT2D eigenvalue weighted by molar-refractivity contribution is 5.43. The van der Waals surface area contributed by atoms with Crippen LogP contribution in [-0.4, -0.2) is 11.0 Å². The van der Waals surface area contributed by atoms with Gasteiger partial charge >= 0.3 is 0 Å². The minimum Gasteiger partial charge on any atom is -0.367 e. The van der Waals surface area contributed by atoms with Crippen LogP contribution in [0.1, 0.15) is 24.8 Å². The molecule has 3 aliphatic carbocycles. The maximum Gasteiger partial charge on any atom is 0.126 e. The number of hydrogen-bond acceptors (Lipinski definition) is 3. The van der Waals surface area contributed by atoms with E-state index in [1.807, 2.05) is 12.1 Å². The van der Waals surface area contributed by atoms with E-state index in [4.69, 9.17) is 5.26 Å². The van der Waals surface area contributed by atoms with Crippen molar-refractivity contribution in [3.63, 3.8) is 0 Å². The summed E-state index contributed by atoms with van der Waals surface area (Å²) in [5, 5.41) is 12.3. The first kappa shape index (κ1) is 9.47. The van der Waals surface area contributed by atoms with Gasteiger partial charge < -0.3 is 5.32 Å². The van der Waals surface area contributed by atoms with Crippen LogP contribution in [0, 0.1) is 35.0 Å². The molecule has 0 aromatic carbocycles. The smallest absolute Gasteiger partial charge is 0.126 e. The average molecular weight is 225 g/mol. The predicted molar refractivity (Wildman–Crippen MR) is 64.2 cm³/mol. The first-order valence-electron chi connectivity index (χ1n) is 6.49. The zero-order chi connectivity index (χ0) is 11.4. The van der Waals surface area contributed by atoms with Crippen molar-refractivity contribution in [2.45, 2.75) is 25.3 Å². The largest absolute Gasteiger partial charge is 0.367 e. The number of rotatable bonds is 2. The van der Waals surface area contributed by atoms with Gasteiger partial charge in [0.1, 0.15) is 11.9 Å². The summed E-state index contributed by atoms with van der Waals surface area (Å²) in [5.41, 5.74) is 0.631. The molecule has 3 saturated carbocycles. The molecule has 0 aliphatic heterocycles. The van der Waals surface area contributed by atoms with Gasteiger partial charge in [0, 0.05) is 12.2 Å². The second-order valence-corrected chi connectivity index (χ2v) is 5.70. The van der Waals surface area contributed by atoms with Crippen molar-refractivity contribution < 1.29 is 0 Å². The molecular formula is C14H15N3. The number of aromatic nitrogens is 1. The normalized spacial score (nSPS) is 40.8. The molecule has 3 nitrogen and oxygen atoms in total. The standard InChI is InChI=1S/C14H15N3/c15-6-8-1-4-11(16-7-8)17-14-12-9-2-3-10(5-9)13(12)14/h1,4,7,9-10,12-14H,2-3,5H2,(H,16,17). The zero-order valence-corrected chi connectivity index (χ0v) is 9.63. The Morgan fingerprint density at radius 2 is 2.00 bits per heavy atom. The molecule has 1 aromatic rings. The van der Waals surface area contributed by atoms with E-state index < -0.39 is 0 Å². The number of nitrogens with one attached hydrogen (secondary N) is 1. The van der Waals surface area contributed by atoms with E-state index in [1.165, 1.54) is 19.3 Å². The monoisotopic (exact) mass is 225 g/mol. The number of anilines is 1. The molecule has 1 heterocycles. The van der Waals surface area contributed by atoms with Crippen molar-refractivity contribution >= 4 is 5.82 Å². The van der Waals surface area contributed by atoms with Crippen LogP contribution in [0.15, 0.2) is 18.3 Å². The molecule has 3 heteroatoms.